The second kappa shape index (κ2) is 14.0. The summed E-state index contributed by atoms with van der Waals surface area (Å²) in [5, 5.41) is 6.94. The maximum absolute atomic E-state index is 6.46. The normalized spacial score (nSPS) is 11.8. The number of hydrogen-bond donors (Lipinski definition) is 0. The molecule has 0 saturated carbocycles. The Balaban J connectivity index is 0.929. The lowest BCUT2D eigenvalue weighted by molar-refractivity contribution is 0.669. The molecule has 0 saturated heterocycles. The zero-order valence-electron chi connectivity index (χ0n) is 34.0. The first-order valence-corrected chi connectivity index (χ1v) is 21.3. The summed E-state index contributed by atoms with van der Waals surface area (Å²) in [5.41, 5.74) is 16.7. The minimum absolute atomic E-state index is 0.662. The van der Waals surface area contributed by atoms with Crippen LogP contribution in [0, 0.1) is 0 Å². The molecule has 0 aliphatic rings. The molecule has 0 aliphatic carbocycles. The molecule has 294 valence electrons. The molecule has 4 aromatic heterocycles. The molecule has 9 aromatic carbocycles. The van der Waals surface area contributed by atoms with E-state index in [1.54, 1.807) is 12.4 Å². The summed E-state index contributed by atoms with van der Waals surface area (Å²) in [6.07, 6.45) is 3.58. The van der Waals surface area contributed by atoms with Crippen molar-refractivity contribution in [2.75, 3.05) is 0 Å². The lowest BCUT2D eigenvalue weighted by Gasteiger charge is -2.14. The average Bonchev–Trinajstić information content (AvgIpc) is 4.01. The highest BCUT2D eigenvalue weighted by Gasteiger charge is 2.18. The van der Waals surface area contributed by atoms with Crippen LogP contribution in [0.25, 0.3) is 122 Å². The van der Waals surface area contributed by atoms with Crippen LogP contribution in [0.2, 0.25) is 0 Å². The molecule has 13 rings (SSSR count). The van der Waals surface area contributed by atoms with Crippen molar-refractivity contribution in [2.45, 2.75) is 0 Å². The Bertz CT molecular complexity index is 3840. The fourth-order valence-electron chi connectivity index (χ4n) is 9.68. The molecule has 0 fully saturated rings. The number of rotatable bonds is 6. The van der Waals surface area contributed by atoms with E-state index < -0.39 is 0 Å². The highest BCUT2D eigenvalue weighted by Crippen LogP contribution is 2.41. The SMILES string of the molecule is c1ccc(-c2cc(-c3ccccc3)cc(-n3c4ccccc4c4cc(-c5ccc6oc7ccc(-c8ccc9c(c8)c8ccccc8n9-c8ncccn8)cc7c6c5)ccc43)c2)cc1. The molecule has 13 aromatic rings. The number of aromatic nitrogens is 4. The van der Waals surface area contributed by atoms with Gasteiger partial charge in [0.15, 0.2) is 0 Å². The van der Waals surface area contributed by atoms with Gasteiger partial charge in [-0.1, -0.05) is 121 Å². The summed E-state index contributed by atoms with van der Waals surface area (Å²) in [5.74, 6) is 0.662. The highest BCUT2D eigenvalue weighted by atomic mass is 16.3. The fraction of sp³-hybridized carbons (Fsp3) is 0. The Labute approximate surface area is 362 Å². The van der Waals surface area contributed by atoms with E-state index in [0.29, 0.717) is 5.95 Å². The lowest BCUT2D eigenvalue weighted by Crippen LogP contribution is -1.99. The van der Waals surface area contributed by atoms with Crippen LogP contribution in [0.15, 0.2) is 223 Å². The van der Waals surface area contributed by atoms with Crippen molar-refractivity contribution in [3.8, 4) is 56.1 Å². The number of fused-ring (bicyclic) bond motifs is 9. The lowest BCUT2D eigenvalue weighted by atomic mass is 9.98. The molecular weight excluding hydrogens is 769 g/mol. The van der Waals surface area contributed by atoms with Crippen LogP contribution in [0.3, 0.4) is 0 Å². The quantitative estimate of drug-likeness (QED) is 0.168. The van der Waals surface area contributed by atoms with Gasteiger partial charge in [0.05, 0.1) is 22.1 Å². The predicted molar refractivity (Wildman–Crippen MR) is 260 cm³/mol. The van der Waals surface area contributed by atoms with E-state index in [-0.39, 0.29) is 0 Å². The van der Waals surface area contributed by atoms with Crippen LogP contribution in [-0.4, -0.2) is 19.1 Å². The van der Waals surface area contributed by atoms with E-state index in [1.807, 2.05) is 6.07 Å². The van der Waals surface area contributed by atoms with E-state index in [0.717, 1.165) is 66.3 Å². The first-order chi connectivity index (χ1) is 31.2. The van der Waals surface area contributed by atoms with Gasteiger partial charge >= 0.3 is 0 Å². The van der Waals surface area contributed by atoms with Gasteiger partial charge in [-0.05, 0) is 129 Å². The Morgan fingerprint density at radius 2 is 0.714 bits per heavy atom. The predicted octanol–water partition coefficient (Wildman–Crippen LogP) is 15.2. The highest BCUT2D eigenvalue weighted by molar-refractivity contribution is 6.13. The Morgan fingerprint density at radius 1 is 0.286 bits per heavy atom. The fourth-order valence-corrected chi connectivity index (χ4v) is 9.68. The van der Waals surface area contributed by atoms with Gasteiger partial charge in [-0.3, -0.25) is 4.57 Å². The molecule has 5 nitrogen and oxygen atoms in total. The van der Waals surface area contributed by atoms with Gasteiger partial charge in [-0.25, -0.2) is 9.97 Å². The van der Waals surface area contributed by atoms with Gasteiger partial charge in [0, 0.05) is 50.4 Å². The third-order valence-corrected chi connectivity index (χ3v) is 12.6. The molecule has 0 spiro atoms. The first kappa shape index (κ1) is 35.2. The molecule has 0 amide bonds. The summed E-state index contributed by atoms with van der Waals surface area (Å²) >= 11 is 0. The van der Waals surface area contributed by atoms with Crippen LogP contribution in [-0.2, 0) is 0 Å². The van der Waals surface area contributed by atoms with Gasteiger partial charge in [0.1, 0.15) is 11.2 Å². The molecule has 4 heterocycles. The van der Waals surface area contributed by atoms with Crippen LogP contribution >= 0.6 is 0 Å². The second-order valence-corrected chi connectivity index (χ2v) is 16.2. The number of nitrogens with zero attached hydrogens (tertiary/aromatic N) is 4. The second-order valence-electron chi connectivity index (χ2n) is 16.2. The Morgan fingerprint density at radius 3 is 1.25 bits per heavy atom. The minimum Gasteiger partial charge on any atom is -0.456 e. The molecule has 0 bridgehead atoms. The van der Waals surface area contributed by atoms with Crippen molar-refractivity contribution in [1.82, 2.24) is 19.1 Å². The number of para-hydroxylation sites is 2. The van der Waals surface area contributed by atoms with Gasteiger partial charge in [-0.2, -0.15) is 0 Å². The Hall–Kier alpha value is -8.54. The standard InChI is InChI=1S/C58H36N4O/c1-3-12-37(13-4-1)43-30-44(38-14-5-2-6-15-38)32-45(31-43)61-52-18-9-7-16-46(52)48-33-39(20-24-54(48)61)41-22-26-56-50(35-41)51-36-42(23-27-57(51)63-56)40-21-25-55-49(34-40)47-17-8-10-19-53(47)62(55)58-59-28-11-29-60-58/h1-36H. The van der Waals surface area contributed by atoms with Gasteiger partial charge in [0.25, 0.3) is 0 Å². The third-order valence-electron chi connectivity index (χ3n) is 12.6. The topological polar surface area (TPSA) is 48.8 Å². The van der Waals surface area contributed by atoms with E-state index in [2.05, 4.69) is 219 Å². The smallest absolute Gasteiger partial charge is 0.234 e. The van der Waals surface area contributed by atoms with Crippen LogP contribution < -0.4 is 0 Å². The van der Waals surface area contributed by atoms with Crippen molar-refractivity contribution in [3.63, 3.8) is 0 Å². The first-order valence-electron chi connectivity index (χ1n) is 21.3. The molecule has 5 heteroatoms. The maximum atomic E-state index is 6.46. The molecule has 0 atom stereocenters. The number of furan rings is 1. The summed E-state index contributed by atoms with van der Waals surface area (Å²) in [6.45, 7) is 0. The van der Waals surface area contributed by atoms with E-state index in [1.165, 1.54) is 49.4 Å². The average molecular weight is 805 g/mol. The van der Waals surface area contributed by atoms with Crippen LogP contribution in [0.5, 0.6) is 0 Å². The zero-order chi connectivity index (χ0) is 41.4. The van der Waals surface area contributed by atoms with Gasteiger partial charge in [0.2, 0.25) is 5.95 Å². The molecule has 0 aliphatic heterocycles. The molecule has 63 heavy (non-hydrogen) atoms. The van der Waals surface area contributed by atoms with Crippen LogP contribution in [0.4, 0.5) is 0 Å². The monoisotopic (exact) mass is 804 g/mol. The van der Waals surface area contributed by atoms with Crippen molar-refractivity contribution in [3.05, 3.63) is 219 Å². The maximum Gasteiger partial charge on any atom is 0.234 e. The zero-order valence-corrected chi connectivity index (χ0v) is 34.0. The van der Waals surface area contributed by atoms with Crippen molar-refractivity contribution in [1.29, 1.82) is 0 Å². The van der Waals surface area contributed by atoms with E-state index >= 15 is 0 Å². The summed E-state index contributed by atoms with van der Waals surface area (Å²) in [4.78, 5) is 9.19. The Kier molecular flexibility index (Phi) is 7.84. The van der Waals surface area contributed by atoms with Crippen molar-refractivity contribution in [2.24, 2.45) is 0 Å². The van der Waals surface area contributed by atoms with Crippen molar-refractivity contribution >= 4 is 65.6 Å². The molecular formula is C58H36N4O. The minimum atomic E-state index is 0.662. The number of benzene rings is 9. The van der Waals surface area contributed by atoms with E-state index in [9.17, 15) is 0 Å². The number of hydrogen-bond acceptors (Lipinski definition) is 3. The van der Waals surface area contributed by atoms with Gasteiger partial charge in [-0.15, -0.1) is 0 Å². The summed E-state index contributed by atoms with van der Waals surface area (Å²) in [7, 11) is 0. The van der Waals surface area contributed by atoms with Crippen LogP contribution in [0.1, 0.15) is 0 Å². The largest absolute Gasteiger partial charge is 0.456 e. The van der Waals surface area contributed by atoms with E-state index in [4.69, 9.17) is 4.42 Å². The summed E-state index contributed by atoms with van der Waals surface area (Å²) in [6, 6.07) is 74.1. The summed E-state index contributed by atoms with van der Waals surface area (Å²) < 4.78 is 11.0. The van der Waals surface area contributed by atoms with Crippen molar-refractivity contribution < 1.29 is 4.42 Å². The molecule has 0 N–H and O–H groups in total. The molecule has 0 unspecified atom stereocenters. The third kappa shape index (κ3) is 5.71. The van der Waals surface area contributed by atoms with Gasteiger partial charge < -0.3 is 8.98 Å². The molecule has 0 radical (unpaired) electrons.